The average molecular weight is 355 g/mol. The first-order valence-corrected chi connectivity index (χ1v) is 8.76. The van der Waals surface area contributed by atoms with E-state index in [0.717, 1.165) is 5.01 Å². The van der Waals surface area contributed by atoms with Crippen molar-refractivity contribution in [2.75, 3.05) is 39.8 Å². The van der Waals surface area contributed by atoms with Crippen LogP contribution in [0.25, 0.3) is 0 Å². The standard InChI is InChI=1S/C16H25N3O4S/c1-16(2,3)15-17-7-12(24-15)14(22)19-5-6-23-11(9-19)8-18(4)10-13(20)21/h7,11H,5-6,8-10H2,1-4H3,(H,20,21)/t11-/m0/s1. The molecule has 0 aromatic carbocycles. The van der Waals surface area contributed by atoms with E-state index < -0.39 is 5.97 Å². The van der Waals surface area contributed by atoms with Gasteiger partial charge in [0.25, 0.3) is 5.91 Å². The van der Waals surface area contributed by atoms with Gasteiger partial charge in [-0.15, -0.1) is 11.3 Å². The molecule has 0 aliphatic carbocycles. The molecule has 2 heterocycles. The Balaban J connectivity index is 1.97. The second-order valence-corrected chi connectivity index (χ2v) is 8.14. The van der Waals surface area contributed by atoms with Crippen molar-refractivity contribution in [3.05, 3.63) is 16.1 Å². The van der Waals surface area contributed by atoms with Crippen LogP contribution in [0.3, 0.4) is 0 Å². The summed E-state index contributed by atoms with van der Waals surface area (Å²) in [5.41, 5.74) is -0.0731. The molecule has 2 rings (SSSR count). The lowest BCUT2D eigenvalue weighted by molar-refractivity contribution is -0.138. The molecule has 1 aromatic rings. The van der Waals surface area contributed by atoms with E-state index in [-0.39, 0.29) is 24.0 Å². The van der Waals surface area contributed by atoms with E-state index in [1.807, 2.05) is 0 Å². The highest BCUT2D eigenvalue weighted by Gasteiger charge is 2.28. The van der Waals surface area contributed by atoms with Crippen LogP contribution < -0.4 is 0 Å². The first-order chi connectivity index (χ1) is 11.2. The molecule has 1 fully saturated rings. The number of carboxylic acids is 1. The predicted molar refractivity (Wildman–Crippen MR) is 91.6 cm³/mol. The number of hydrogen-bond acceptors (Lipinski definition) is 6. The molecule has 134 valence electrons. The molecule has 0 spiro atoms. The third-order valence-corrected chi connectivity index (χ3v) is 5.12. The third-order valence-electron chi connectivity index (χ3n) is 3.70. The van der Waals surface area contributed by atoms with Gasteiger partial charge in [-0.1, -0.05) is 20.8 Å². The molecule has 1 aliphatic heterocycles. The van der Waals surface area contributed by atoms with E-state index in [2.05, 4.69) is 25.8 Å². The summed E-state index contributed by atoms with van der Waals surface area (Å²) in [5, 5.41) is 9.76. The summed E-state index contributed by atoms with van der Waals surface area (Å²) in [5.74, 6) is -0.905. The number of amides is 1. The number of carboxylic acid groups (broad SMARTS) is 1. The zero-order valence-corrected chi connectivity index (χ0v) is 15.4. The van der Waals surface area contributed by atoms with Crippen molar-refractivity contribution in [2.24, 2.45) is 0 Å². The largest absolute Gasteiger partial charge is 0.480 e. The Morgan fingerprint density at radius 2 is 2.21 bits per heavy atom. The first kappa shape index (κ1) is 18.8. The van der Waals surface area contributed by atoms with Crippen LogP contribution in [0.1, 0.15) is 35.5 Å². The third kappa shape index (κ3) is 4.99. The second-order valence-electron chi connectivity index (χ2n) is 7.11. The maximum absolute atomic E-state index is 12.7. The number of nitrogens with zero attached hydrogens (tertiary/aromatic N) is 3. The van der Waals surface area contributed by atoms with Gasteiger partial charge in [-0.25, -0.2) is 4.98 Å². The lowest BCUT2D eigenvalue weighted by Crippen LogP contribution is -2.49. The molecule has 1 N–H and O–H groups in total. The number of thiazole rings is 1. The molecular weight excluding hydrogens is 330 g/mol. The number of morpholine rings is 1. The summed E-state index contributed by atoms with van der Waals surface area (Å²) >= 11 is 1.43. The Hall–Kier alpha value is -1.51. The van der Waals surface area contributed by atoms with E-state index in [1.54, 1.807) is 23.0 Å². The van der Waals surface area contributed by atoms with Crippen molar-refractivity contribution in [3.63, 3.8) is 0 Å². The molecule has 0 radical (unpaired) electrons. The Morgan fingerprint density at radius 3 is 2.79 bits per heavy atom. The Bertz CT molecular complexity index is 596. The van der Waals surface area contributed by atoms with Crippen molar-refractivity contribution in [3.8, 4) is 0 Å². The maximum Gasteiger partial charge on any atom is 0.317 e. The number of hydrogen-bond donors (Lipinski definition) is 1. The minimum Gasteiger partial charge on any atom is -0.480 e. The van der Waals surface area contributed by atoms with Gasteiger partial charge < -0.3 is 14.7 Å². The number of aliphatic carboxylic acids is 1. The molecule has 7 nitrogen and oxygen atoms in total. The molecule has 1 amide bonds. The minimum absolute atomic E-state index is 0.0304. The Morgan fingerprint density at radius 1 is 1.50 bits per heavy atom. The van der Waals surface area contributed by atoms with E-state index in [0.29, 0.717) is 31.1 Å². The SMILES string of the molecule is CN(CC(=O)O)C[C@H]1CN(C(=O)c2cnc(C(C)(C)C)s2)CCO1. The van der Waals surface area contributed by atoms with Gasteiger partial charge in [0.15, 0.2) is 0 Å². The van der Waals surface area contributed by atoms with E-state index >= 15 is 0 Å². The fraction of sp³-hybridized carbons (Fsp3) is 0.688. The summed E-state index contributed by atoms with van der Waals surface area (Å²) in [4.78, 5) is 31.9. The zero-order valence-electron chi connectivity index (χ0n) is 14.6. The highest BCUT2D eigenvalue weighted by molar-refractivity contribution is 7.13. The first-order valence-electron chi connectivity index (χ1n) is 7.94. The highest BCUT2D eigenvalue weighted by Crippen LogP contribution is 2.27. The molecule has 1 aliphatic rings. The van der Waals surface area contributed by atoms with Crippen molar-refractivity contribution < 1.29 is 19.4 Å². The molecule has 0 unspecified atom stereocenters. The average Bonchev–Trinajstić information content (AvgIpc) is 2.95. The second kappa shape index (κ2) is 7.58. The summed E-state index contributed by atoms with van der Waals surface area (Å²) in [6.45, 7) is 8.12. The van der Waals surface area contributed by atoms with E-state index in [4.69, 9.17) is 9.84 Å². The van der Waals surface area contributed by atoms with E-state index in [9.17, 15) is 9.59 Å². The Labute approximate surface area is 146 Å². The fourth-order valence-corrected chi connectivity index (χ4v) is 3.47. The lowest BCUT2D eigenvalue weighted by Gasteiger charge is -2.34. The molecule has 1 aromatic heterocycles. The molecule has 0 bridgehead atoms. The fourth-order valence-electron chi connectivity index (χ4n) is 2.53. The maximum atomic E-state index is 12.7. The minimum atomic E-state index is -0.874. The molecule has 1 saturated heterocycles. The van der Waals surface area contributed by atoms with Crippen molar-refractivity contribution in [1.29, 1.82) is 0 Å². The number of likely N-dealkylation sites (N-methyl/N-ethyl adjacent to an activating group) is 1. The number of rotatable bonds is 5. The molecule has 0 saturated carbocycles. The van der Waals surface area contributed by atoms with Crippen LogP contribution >= 0.6 is 11.3 Å². The topological polar surface area (TPSA) is 83.0 Å². The van der Waals surface area contributed by atoms with Crippen LogP contribution in [0.15, 0.2) is 6.20 Å². The zero-order chi connectivity index (χ0) is 17.9. The van der Waals surface area contributed by atoms with Gasteiger partial charge >= 0.3 is 5.97 Å². The smallest absolute Gasteiger partial charge is 0.317 e. The van der Waals surface area contributed by atoms with Crippen LogP contribution in [0, 0.1) is 0 Å². The summed E-state index contributed by atoms with van der Waals surface area (Å²) in [6.07, 6.45) is 1.47. The molecule has 1 atom stereocenters. The highest BCUT2D eigenvalue weighted by atomic mass is 32.1. The van der Waals surface area contributed by atoms with Crippen LogP contribution in [-0.4, -0.2) is 77.7 Å². The van der Waals surface area contributed by atoms with Gasteiger partial charge in [-0.2, -0.15) is 0 Å². The van der Waals surface area contributed by atoms with Gasteiger partial charge in [-0.3, -0.25) is 14.5 Å². The quantitative estimate of drug-likeness (QED) is 0.857. The van der Waals surface area contributed by atoms with Crippen LogP contribution in [-0.2, 0) is 14.9 Å². The Kier molecular flexibility index (Phi) is 5.95. The number of ether oxygens (including phenoxy) is 1. The summed E-state index contributed by atoms with van der Waals surface area (Å²) in [6, 6.07) is 0. The van der Waals surface area contributed by atoms with Gasteiger partial charge in [0.2, 0.25) is 0 Å². The van der Waals surface area contributed by atoms with Gasteiger partial charge in [0, 0.05) is 25.0 Å². The van der Waals surface area contributed by atoms with Gasteiger partial charge in [-0.05, 0) is 7.05 Å². The predicted octanol–water partition coefficient (Wildman–Crippen LogP) is 1.30. The summed E-state index contributed by atoms with van der Waals surface area (Å²) in [7, 11) is 1.73. The normalized spacial score (nSPS) is 18.9. The van der Waals surface area contributed by atoms with Crippen LogP contribution in [0.5, 0.6) is 0 Å². The van der Waals surface area contributed by atoms with Gasteiger partial charge in [0.1, 0.15) is 4.88 Å². The number of carbonyl (C=O) groups excluding carboxylic acids is 1. The summed E-state index contributed by atoms with van der Waals surface area (Å²) < 4.78 is 5.67. The monoisotopic (exact) mass is 355 g/mol. The van der Waals surface area contributed by atoms with E-state index in [1.165, 1.54) is 11.3 Å². The van der Waals surface area contributed by atoms with Crippen molar-refractivity contribution >= 4 is 23.2 Å². The molecule has 8 heteroatoms. The number of carbonyl (C=O) groups is 2. The van der Waals surface area contributed by atoms with Crippen molar-refractivity contribution in [1.82, 2.24) is 14.8 Å². The molecular formula is C16H25N3O4S. The van der Waals surface area contributed by atoms with Crippen LogP contribution in [0.2, 0.25) is 0 Å². The molecule has 24 heavy (non-hydrogen) atoms. The van der Waals surface area contributed by atoms with Gasteiger partial charge in [0.05, 0.1) is 30.5 Å². The lowest BCUT2D eigenvalue weighted by atomic mass is 9.98. The number of aromatic nitrogens is 1. The van der Waals surface area contributed by atoms with Crippen molar-refractivity contribution in [2.45, 2.75) is 32.3 Å². The van der Waals surface area contributed by atoms with Crippen LogP contribution in [0.4, 0.5) is 0 Å².